The van der Waals surface area contributed by atoms with Gasteiger partial charge in [0.05, 0.1) is 6.61 Å². The van der Waals surface area contributed by atoms with Gasteiger partial charge in [0, 0.05) is 25.0 Å². The van der Waals surface area contributed by atoms with E-state index in [9.17, 15) is 0 Å². The Morgan fingerprint density at radius 1 is 1.25 bits per heavy atom. The third-order valence-electron chi connectivity index (χ3n) is 1.86. The van der Waals surface area contributed by atoms with Crippen LogP contribution in [0, 0.1) is 0 Å². The number of nitrogens with zero attached hydrogens (tertiary/aromatic N) is 1. The average Bonchev–Trinajstić information content (AvgIpc) is 2.50. The van der Waals surface area contributed by atoms with Gasteiger partial charge in [0.1, 0.15) is 0 Å². The van der Waals surface area contributed by atoms with Crippen molar-refractivity contribution in [2.75, 3.05) is 13.2 Å². The summed E-state index contributed by atoms with van der Waals surface area (Å²) in [5.41, 5.74) is 1.18. The van der Waals surface area contributed by atoms with Crippen LogP contribution in [0.4, 0.5) is 0 Å². The molecule has 2 N–H and O–H groups in total. The molecular formula is C9H15NO2. The van der Waals surface area contributed by atoms with E-state index in [4.69, 9.17) is 10.2 Å². The topological polar surface area (TPSA) is 45.4 Å². The fourth-order valence-corrected chi connectivity index (χ4v) is 1.26. The molecule has 12 heavy (non-hydrogen) atoms. The molecule has 0 aliphatic heterocycles. The van der Waals surface area contributed by atoms with Crippen LogP contribution in [0.15, 0.2) is 18.3 Å². The van der Waals surface area contributed by atoms with Crippen LogP contribution in [0.5, 0.6) is 0 Å². The number of aliphatic hydroxyl groups excluding tert-OH is 2. The first-order valence-corrected chi connectivity index (χ1v) is 4.24. The summed E-state index contributed by atoms with van der Waals surface area (Å²) in [5, 5.41) is 17.3. The molecule has 0 saturated heterocycles. The highest BCUT2D eigenvalue weighted by atomic mass is 16.3. The second kappa shape index (κ2) is 4.95. The average molecular weight is 169 g/mol. The van der Waals surface area contributed by atoms with Crippen molar-refractivity contribution in [2.24, 2.45) is 0 Å². The van der Waals surface area contributed by atoms with E-state index in [0.717, 1.165) is 12.8 Å². The van der Waals surface area contributed by atoms with Crippen molar-refractivity contribution in [2.45, 2.75) is 19.4 Å². The zero-order chi connectivity index (χ0) is 8.81. The van der Waals surface area contributed by atoms with Crippen molar-refractivity contribution >= 4 is 0 Å². The van der Waals surface area contributed by atoms with Crippen LogP contribution in [0.2, 0.25) is 0 Å². The molecule has 1 aromatic rings. The molecule has 0 bridgehead atoms. The Morgan fingerprint density at radius 3 is 2.75 bits per heavy atom. The van der Waals surface area contributed by atoms with Crippen molar-refractivity contribution in [3.8, 4) is 0 Å². The lowest BCUT2D eigenvalue weighted by molar-refractivity contribution is 0.271. The van der Waals surface area contributed by atoms with Crippen LogP contribution in [0.3, 0.4) is 0 Å². The zero-order valence-corrected chi connectivity index (χ0v) is 7.11. The molecule has 0 saturated carbocycles. The van der Waals surface area contributed by atoms with E-state index < -0.39 is 0 Å². The Labute approximate surface area is 72.3 Å². The number of aromatic nitrogens is 1. The van der Waals surface area contributed by atoms with Crippen molar-refractivity contribution in [3.05, 3.63) is 24.0 Å². The normalized spacial score (nSPS) is 10.5. The lowest BCUT2D eigenvalue weighted by Gasteiger charge is -2.05. The van der Waals surface area contributed by atoms with Gasteiger partial charge in [-0.3, -0.25) is 0 Å². The monoisotopic (exact) mass is 169 g/mol. The van der Waals surface area contributed by atoms with Gasteiger partial charge in [-0.25, -0.2) is 0 Å². The van der Waals surface area contributed by atoms with Gasteiger partial charge in [0.2, 0.25) is 0 Å². The van der Waals surface area contributed by atoms with Gasteiger partial charge in [-0.1, -0.05) is 0 Å². The molecule has 0 aliphatic carbocycles. The number of hydrogen-bond donors (Lipinski definition) is 2. The molecule has 0 unspecified atom stereocenters. The summed E-state index contributed by atoms with van der Waals surface area (Å²) < 4.78 is 2.01. The molecule has 1 rings (SSSR count). The maximum atomic E-state index is 8.72. The number of rotatable bonds is 5. The molecule has 3 heteroatoms. The smallest absolute Gasteiger partial charge is 0.0610 e. The Bertz CT molecular complexity index is 220. The highest BCUT2D eigenvalue weighted by molar-refractivity contribution is 5.07. The van der Waals surface area contributed by atoms with Gasteiger partial charge < -0.3 is 14.8 Å². The Balaban J connectivity index is 2.51. The molecule has 1 aromatic heterocycles. The fraction of sp³-hybridized carbons (Fsp3) is 0.556. The number of aliphatic hydroxyl groups is 2. The van der Waals surface area contributed by atoms with E-state index in [2.05, 4.69) is 0 Å². The van der Waals surface area contributed by atoms with Crippen molar-refractivity contribution < 1.29 is 10.2 Å². The summed E-state index contributed by atoms with van der Waals surface area (Å²) in [7, 11) is 0. The van der Waals surface area contributed by atoms with Gasteiger partial charge in [-0.15, -0.1) is 0 Å². The summed E-state index contributed by atoms with van der Waals surface area (Å²) in [6.07, 6.45) is 3.61. The fourth-order valence-electron chi connectivity index (χ4n) is 1.26. The highest BCUT2D eigenvalue weighted by Gasteiger charge is 1.98. The third-order valence-corrected chi connectivity index (χ3v) is 1.86. The minimum Gasteiger partial charge on any atom is -0.396 e. The summed E-state index contributed by atoms with van der Waals surface area (Å²) in [6, 6.07) is 3.98. The molecule has 3 nitrogen and oxygen atoms in total. The summed E-state index contributed by atoms with van der Waals surface area (Å²) in [4.78, 5) is 0. The first-order valence-electron chi connectivity index (χ1n) is 4.24. The molecule has 0 fully saturated rings. The predicted molar refractivity (Wildman–Crippen MR) is 46.9 cm³/mol. The molecule has 0 atom stereocenters. The van der Waals surface area contributed by atoms with Crippen LogP contribution < -0.4 is 0 Å². The summed E-state index contributed by atoms with van der Waals surface area (Å²) in [6.45, 7) is 1.04. The van der Waals surface area contributed by atoms with E-state index in [-0.39, 0.29) is 13.2 Å². The molecule has 0 amide bonds. The van der Waals surface area contributed by atoms with Gasteiger partial charge in [-0.2, -0.15) is 0 Å². The molecule has 0 radical (unpaired) electrons. The lowest BCUT2D eigenvalue weighted by Crippen LogP contribution is -2.05. The molecule has 1 heterocycles. The second-order valence-electron chi connectivity index (χ2n) is 2.74. The van der Waals surface area contributed by atoms with Gasteiger partial charge in [0.15, 0.2) is 0 Å². The molecule has 0 aliphatic rings. The van der Waals surface area contributed by atoms with Crippen LogP contribution in [-0.4, -0.2) is 28.0 Å². The summed E-state index contributed by atoms with van der Waals surface area (Å²) >= 11 is 0. The quantitative estimate of drug-likeness (QED) is 0.670. The van der Waals surface area contributed by atoms with E-state index in [1.165, 1.54) is 5.69 Å². The van der Waals surface area contributed by atoms with Crippen molar-refractivity contribution in [1.82, 2.24) is 4.57 Å². The Morgan fingerprint density at radius 2 is 2.08 bits per heavy atom. The Kier molecular flexibility index (Phi) is 3.84. The zero-order valence-electron chi connectivity index (χ0n) is 7.11. The van der Waals surface area contributed by atoms with E-state index in [0.29, 0.717) is 6.54 Å². The summed E-state index contributed by atoms with van der Waals surface area (Å²) in [5.74, 6) is 0. The second-order valence-corrected chi connectivity index (χ2v) is 2.74. The first-order chi connectivity index (χ1) is 5.88. The third kappa shape index (κ3) is 2.36. The standard InChI is InChI=1S/C9H15NO2/c11-7-2-4-9-3-1-5-10(9)6-8-12/h1,3,5,11-12H,2,4,6-8H2. The van der Waals surface area contributed by atoms with E-state index >= 15 is 0 Å². The van der Waals surface area contributed by atoms with Crippen LogP contribution in [-0.2, 0) is 13.0 Å². The maximum absolute atomic E-state index is 8.72. The highest BCUT2D eigenvalue weighted by Crippen LogP contribution is 2.04. The number of aryl methyl sites for hydroxylation is 1. The SMILES string of the molecule is OCCCc1cccn1CCO. The van der Waals surface area contributed by atoms with Crippen LogP contribution in [0.25, 0.3) is 0 Å². The molecule has 68 valence electrons. The Hall–Kier alpha value is -0.800. The predicted octanol–water partition coefficient (Wildman–Crippen LogP) is 0.405. The van der Waals surface area contributed by atoms with E-state index in [1.54, 1.807) is 0 Å². The van der Waals surface area contributed by atoms with Gasteiger partial charge in [0.25, 0.3) is 0 Å². The van der Waals surface area contributed by atoms with Crippen LogP contribution in [0.1, 0.15) is 12.1 Å². The minimum absolute atomic E-state index is 0.167. The van der Waals surface area contributed by atoms with Crippen molar-refractivity contribution in [3.63, 3.8) is 0 Å². The molecular weight excluding hydrogens is 154 g/mol. The molecule has 0 spiro atoms. The largest absolute Gasteiger partial charge is 0.396 e. The first kappa shape index (κ1) is 9.29. The number of hydrogen-bond acceptors (Lipinski definition) is 2. The molecule has 0 aromatic carbocycles. The van der Waals surface area contributed by atoms with E-state index in [1.807, 2.05) is 22.9 Å². The lowest BCUT2D eigenvalue weighted by atomic mass is 10.2. The minimum atomic E-state index is 0.167. The van der Waals surface area contributed by atoms with Crippen molar-refractivity contribution in [1.29, 1.82) is 0 Å². The van der Waals surface area contributed by atoms with Crippen LogP contribution >= 0.6 is 0 Å². The maximum Gasteiger partial charge on any atom is 0.0610 e. The van der Waals surface area contributed by atoms with Gasteiger partial charge in [-0.05, 0) is 25.0 Å². The van der Waals surface area contributed by atoms with Gasteiger partial charge >= 0.3 is 0 Å².